The smallest absolute Gasteiger partial charge is 0.252 e. The lowest BCUT2D eigenvalue weighted by molar-refractivity contribution is 1.25. The molecule has 0 amide bonds. The number of hydrogen-bond donors (Lipinski definition) is 0. The number of rotatable bonds is 7. The second kappa shape index (κ2) is 17.2. The maximum Gasteiger partial charge on any atom is 0.252 e. The Labute approximate surface area is 410 Å². The molecule has 70 heavy (non-hydrogen) atoms. The minimum Gasteiger partial charge on any atom is -0.311 e. The lowest BCUT2D eigenvalue weighted by Gasteiger charge is -2.45. The van der Waals surface area contributed by atoms with E-state index < -0.39 is 0 Å². The highest BCUT2D eigenvalue weighted by Crippen LogP contribution is 2.48. The third-order valence-corrected chi connectivity index (χ3v) is 14.2. The van der Waals surface area contributed by atoms with Crippen molar-refractivity contribution >= 4 is 57.2 Å². The van der Waals surface area contributed by atoms with Crippen molar-refractivity contribution in [1.82, 2.24) is 0 Å². The summed E-state index contributed by atoms with van der Waals surface area (Å²) in [6, 6.07) is 82.9. The van der Waals surface area contributed by atoms with Gasteiger partial charge in [-0.2, -0.15) is 10.5 Å². The van der Waals surface area contributed by atoms with Gasteiger partial charge in [-0.15, -0.1) is 0 Å². The van der Waals surface area contributed by atoms with E-state index in [2.05, 4.69) is 237 Å². The van der Waals surface area contributed by atoms with Gasteiger partial charge >= 0.3 is 0 Å². The first kappa shape index (κ1) is 42.2. The van der Waals surface area contributed by atoms with Crippen LogP contribution in [0.3, 0.4) is 0 Å². The van der Waals surface area contributed by atoms with Crippen molar-refractivity contribution < 1.29 is 0 Å². The van der Waals surface area contributed by atoms with Gasteiger partial charge in [0.2, 0.25) is 0 Å². The Hall–Kier alpha value is -9.16. The molecule has 12 rings (SSSR count). The third kappa shape index (κ3) is 7.25. The fraction of sp³-hybridized carbons (Fsp3) is 0.0462. The van der Waals surface area contributed by atoms with Gasteiger partial charge in [-0.25, -0.2) is 0 Å². The monoisotopic (exact) mass is 892 g/mol. The summed E-state index contributed by atoms with van der Waals surface area (Å²) in [5.41, 5.74) is 26.5. The number of nitrogens with zero attached hydrogens (tertiary/aromatic N) is 4. The maximum absolute atomic E-state index is 9.72. The summed E-state index contributed by atoms with van der Waals surface area (Å²) in [6.45, 7) is 6.49. The van der Waals surface area contributed by atoms with Gasteiger partial charge in [0.25, 0.3) is 6.71 Å². The highest BCUT2D eigenvalue weighted by molar-refractivity contribution is 7.00. The van der Waals surface area contributed by atoms with Crippen LogP contribution < -0.4 is 26.2 Å². The molecule has 5 heteroatoms. The zero-order chi connectivity index (χ0) is 47.5. The van der Waals surface area contributed by atoms with Crippen LogP contribution in [0.4, 0.5) is 34.1 Å². The van der Waals surface area contributed by atoms with Crippen LogP contribution in [-0.4, -0.2) is 6.71 Å². The lowest BCUT2D eigenvalue weighted by atomic mass is 9.33. The van der Waals surface area contributed by atoms with E-state index in [0.717, 1.165) is 73.1 Å². The van der Waals surface area contributed by atoms with Gasteiger partial charge < -0.3 is 9.80 Å². The molecular formula is C65H45BN4. The summed E-state index contributed by atoms with van der Waals surface area (Å²) in [5.74, 6) is 0. The Morgan fingerprint density at radius 1 is 0.343 bits per heavy atom. The largest absolute Gasteiger partial charge is 0.311 e. The molecule has 0 atom stereocenters. The molecule has 0 aromatic heterocycles. The van der Waals surface area contributed by atoms with E-state index in [4.69, 9.17) is 0 Å². The van der Waals surface area contributed by atoms with Gasteiger partial charge in [0, 0.05) is 34.1 Å². The zero-order valence-corrected chi connectivity index (χ0v) is 39.2. The Bertz CT molecular complexity index is 3500. The van der Waals surface area contributed by atoms with Crippen LogP contribution in [0.25, 0.3) is 55.6 Å². The van der Waals surface area contributed by atoms with Crippen LogP contribution in [0.5, 0.6) is 0 Å². The predicted octanol–water partition coefficient (Wildman–Crippen LogP) is 14.8. The standard InChI is InChI=1S/C65H45BN4/c1-42-34-43(2)64(44(3)35-42)55-38-62-65-63(39-55)70(57-30-24-50(25-31-57)48-12-8-5-9-13-48)61-33-27-54(52-20-16-46(41-68)17-21-52)37-59(61)66(65)58-36-53(51-18-14-45(40-67)15-19-51)26-32-60(58)69(62)56-28-22-49(23-29-56)47-10-6-4-7-11-47/h4-39H,1-3H3. The van der Waals surface area contributed by atoms with E-state index in [-0.39, 0.29) is 6.71 Å². The topological polar surface area (TPSA) is 54.1 Å². The molecule has 0 saturated heterocycles. The van der Waals surface area contributed by atoms with Gasteiger partial charge in [-0.1, -0.05) is 151 Å². The van der Waals surface area contributed by atoms with Gasteiger partial charge in [-0.05, 0) is 177 Å². The maximum atomic E-state index is 9.72. The van der Waals surface area contributed by atoms with E-state index in [9.17, 15) is 10.5 Å². The molecule has 4 nitrogen and oxygen atoms in total. The van der Waals surface area contributed by atoms with Crippen LogP contribution in [0.1, 0.15) is 27.8 Å². The number of nitriles is 2. The molecular weight excluding hydrogens is 848 g/mol. The van der Waals surface area contributed by atoms with Gasteiger partial charge in [0.1, 0.15) is 0 Å². The lowest BCUT2D eigenvalue weighted by Crippen LogP contribution is -2.61. The molecule has 0 saturated carbocycles. The number of hydrogen-bond acceptors (Lipinski definition) is 4. The van der Waals surface area contributed by atoms with Gasteiger partial charge in [-0.3, -0.25) is 0 Å². The molecule has 0 spiro atoms. The third-order valence-electron chi connectivity index (χ3n) is 14.2. The summed E-state index contributed by atoms with van der Waals surface area (Å²) in [7, 11) is 0. The minimum atomic E-state index is -0.166. The van der Waals surface area contributed by atoms with Crippen molar-refractivity contribution in [3.8, 4) is 67.8 Å². The highest BCUT2D eigenvalue weighted by atomic mass is 15.2. The van der Waals surface area contributed by atoms with E-state index in [1.807, 2.05) is 24.3 Å². The average molecular weight is 893 g/mol. The minimum absolute atomic E-state index is 0.166. The van der Waals surface area contributed by atoms with Crippen molar-refractivity contribution in [2.24, 2.45) is 0 Å². The van der Waals surface area contributed by atoms with Crippen LogP contribution in [0.2, 0.25) is 0 Å². The first-order valence-corrected chi connectivity index (χ1v) is 23.8. The molecule has 2 aliphatic rings. The second-order valence-corrected chi connectivity index (χ2v) is 18.6. The molecule has 2 aliphatic heterocycles. The molecule has 0 fully saturated rings. The Kier molecular flexibility index (Phi) is 10.4. The number of benzene rings is 10. The molecule has 0 radical (unpaired) electrons. The van der Waals surface area contributed by atoms with Crippen LogP contribution in [0, 0.1) is 43.4 Å². The molecule has 10 aromatic carbocycles. The highest BCUT2D eigenvalue weighted by Gasteiger charge is 2.44. The fourth-order valence-electron chi connectivity index (χ4n) is 11.0. The van der Waals surface area contributed by atoms with Crippen LogP contribution >= 0.6 is 0 Å². The second-order valence-electron chi connectivity index (χ2n) is 18.6. The Morgan fingerprint density at radius 3 is 1.10 bits per heavy atom. The van der Waals surface area contributed by atoms with Crippen molar-refractivity contribution in [2.75, 3.05) is 9.80 Å². The quantitative estimate of drug-likeness (QED) is 0.150. The van der Waals surface area contributed by atoms with E-state index in [1.54, 1.807) is 0 Å². The molecule has 0 bridgehead atoms. The summed E-state index contributed by atoms with van der Waals surface area (Å²) in [4.78, 5) is 4.97. The van der Waals surface area contributed by atoms with E-state index >= 15 is 0 Å². The normalized spacial score (nSPS) is 12.1. The van der Waals surface area contributed by atoms with Gasteiger partial charge in [0.15, 0.2) is 0 Å². The first-order chi connectivity index (χ1) is 34.3. The molecule has 328 valence electrons. The van der Waals surface area contributed by atoms with Crippen molar-refractivity contribution in [2.45, 2.75) is 20.8 Å². The molecule has 0 unspecified atom stereocenters. The van der Waals surface area contributed by atoms with Crippen molar-refractivity contribution in [3.05, 3.63) is 246 Å². The molecule has 10 aromatic rings. The number of anilines is 6. The summed E-state index contributed by atoms with van der Waals surface area (Å²) in [5, 5.41) is 19.4. The zero-order valence-electron chi connectivity index (χ0n) is 39.2. The van der Waals surface area contributed by atoms with E-state index in [0.29, 0.717) is 11.1 Å². The van der Waals surface area contributed by atoms with Crippen molar-refractivity contribution in [1.29, 1.82) is 10.5 Å². The van der Waals surface area contributed by atoms with Crippen LogP contribution in [-0.2, 0) is 0 Å². The summed E-state index contributed by atoms with van der Waals surface area (Å²) >= 11 is 0. The van der Waals surface area contributed by atoms with Crippen molar-refractivity contribution in [3.63, 3.8) is 0 Å². The first-order valence-electron chi connectivity index (χ1n) is 23.8. The van der Waals surface area contributed by atoms with Crippen LogP contribution in [0.15, 0.2) is 218 Å². The summed E-state index contributed by atoms with van der Waals surface area (Å²) < 4.78 is 0. The summed E-state index contributed by atoms with van der Waals surface area (Å²) in [6.07, 6.45) is 0. The SMILES string of the molecule is Cc1cc(C)c(-c2cc3c4c(c2)N(c2ccc(-c5ccccc5)cc2)c2ccc(-c5ccc(C#N)cc5)cc2B4c2cc(-c4ccc(C#N)cc4)ccc2N3c2ccc(-c3ccccc3)cc2)c(C)c1. The molecule has 0 aliphatic carbocycles. The van der Waals surface area contributed by atoms with E-state index in [1.165, 1.54) is 49.8 Å². The predicted molar refractivity (Wildman–Crippen MR) is 291 cm³/mol. The molecule has 2 heterocycles. The average Bonchev–Trinajstić information content (AvgIpc) is 3.41. The molecule has 0 N–H and O–H groups in total. The number of fused-ring (bicyclic) bond motifs is 4. The Balaban J connectivity index is 1.17. The number of aryl methyl sites for hydroxylation is 3. The fourth-order valence-corrected chi connectivity index (χ4v) is 11.0. The van der Waals surface area contributed by atoms with Gasteiger partial charge in [0.05, 0.1) is 23.3 Å². The Morgan fingerprint density at radius 2 is 0.700 bits per heavy atom.